The topological polar surface area (TPSA) is 12.0 Å². The molecule has 1 N–H and O–H groups in total. The van der Waals surface area contributed by atoms with E-state index in [1.54, 1.807) is 0 Å². The van der Waals surface area contributed by atoms with Gasteiger partial charge in [0, 0.05) is 13.1 Å². The Kier molecular flexibility index (Phi) is 4.69. The second kappa shape index (κ2) is 5.80. The van der Waals surface area contributed by atoms with Crippen molar-refractivity contribution in [3.63, 3.8) is 0 Å². The molecule has 0 aromatic heterocycles. The number of hydrogen-bond donors (Lipinski definition) is 1. The van der Waals surface area contributed by atoms with E-state index in [0.29, 0.717) is 0 Å². The van der Waals surface area contributed by atoms with Gasteiger partial charge in [0.1, 0.15) is 5.82 Å². The highest BCUT2D eigenvalue weighted by Crippen LogP contribution is 2.14. The van der Waals surface area contributed by atoms with Gasteiger partial charge in [-0.05, 0) is 44.4 Å². The van der Waals surface area contributed by atoms with Crippen LogP contribution in [0.2, 0.25) is 0 Å². The molecule has 0 aliphatic rings. The van der Waals surface area contributed by atoms with Crippen molar-refractivity contribution in [2.75, 3.05) is 6.54 Å². The number of rotatable bonds is 4. The molecule has 0 bridgehead atoms. The van der Waals surface area contributed by atoms with Crippen LogP contribution in [0.15, 0.2) is 23.8 Å². The monoisotopic (exact) mass is 221 g/mol. The van der Waals surface area contributed by atoms with E-state index >= 15 is 0 Å². The maximum Gasteiger partial charge on any atom is 0.129 e. The summed E-state index contributed by atoms with van der Waals surface area (Å²) in [5.74, 6) is -0.0898. The molecular weight excluding hydrogens is 201 g/mol. The molecule has 2 heteroatoms. The molecule has 0 aliphatic carbocycles. The minimum Gasteiger partial charge on any atom is -0.309 e. The van der Waals surface area contributed by atoms with Crippen LogP contribution in [0, 0.1) is 19.7 Å². The Morgan fingerprint density at radius 1 is 1.25 bits per heavy atom. The summed E-state index contributed by atoms with van der Waals surface area (Å²) in [6.07, 6.45) is 2.14. The van der Waals surface area contributed by atoms with Crippen LogP contribution in [-0.4, -0.2) is 6.54 Å². The van der Waals surface area contributed by atoms with Crippen molar-refractivity contribution in [1.29, 1.82) is 0 Å². The van der Waals surface area contributed by atoms with Gasteiger partial charge >= 0.3 is 0 Å². The molecule has 0 radical (unpaired) electrons. The highest BCUT2D eigenvalue weighted by atomic mass is 19.1. The van der Waals surface area contributed by atoms with Crippen molar-refractivity contribution in [1.82, 2.24) is 5.32 Å². The van der Waals surface area contributed by atoms with E-state index in [1.807, 2.05) is 26.0 Å². The first-order chi connectivity index (χ1) is 7.50. The molecule has 0 atom stereocenters. The van der Waals surface area contributed by atoms with Gasteiger partial charge in [-0.3, -0.25) is 0 Å². The molecule has 0 saturated carbocycles. The van der Waals surface area contributed by atoms with Crippen molar-refractivity contribution < 1.29 is 4.39 Å². The molecule has 1 rings (SSSR count). The lowest BCUT2D eigenvalue weighted by Gasteiger charge is -2.07. The predicted octanol–water partition coefficient (Wildman–Crippen LogP) is 3.50. The van der Waals surface area contributed by atoms with Gasteiger partial charge in [-0.15, -0.1) is 0 Å². The summed E-state index contributed by atoms with van der Waals surface area (Å²) in [6.45, 7) is 9.41. The van der Waals surface area contributed by atoms with E-state index in [2.05, 4.69) is 25.2 Å². The van der Waals surface area contributed by atoms with Gasteiger partial charge in [-0.1, -0.05) is 23.8 Å². The van der Waals surface area contributed by atoms with Gasteiger partial charge in [0.15, 0.2) is 0 Å². The molecule has 1 nitrogen and oxygen atoms in total. The number of aryl methyl sites for hydroxylation is 2. The van der Waals surface area contributed by atoms with Crippen LogP contribution in [0.1, 0.15) is 30.5 Å². The third kappa shape index (κ3) is 3.78. The number of halogens is 1. The molecule has 1 aromatic carbocycles. The highest BCUT2D eigenvalue weighted by molar-refractivity contribution is 5.30. The zero-order valence-electron chi connectivity index (χ0n) is 10.5. The maximum absolute atomic E-state index is 13.4. The van der Waals surface area contributed by atoms with E-state index in [9.17, 15) is 4.39 Å². The first-order valence-corrected chi connectivity index (χ1v) is 5.60. The maximum atomic E-state index is 13.4. The Morgan fingerprint density at radius 3 is 2.31 bits per heavy atom. The Morgan fingerprint density at radius 2 is 1.81 bits per heavy atom. The Bertz CT molecular complexity index is 367. The fraction of sp³-hybridized carbons (Fsp3) is 0.429. The molecular formula is C14H20FN. The van der Waals surface area contributed by atoms with E-state index in [4.69, 9.17) is 0 Å². The van der Waals surface area contributed by atoms with Gasteiger partial charge in [0.2, 0.25) is 0 Å². The van der Waals surface area contributed by atoms with Gasteiger partial charge in [-0.25, -0.2) is 4.39 Å². The summed E-state index contributed by atoms with van der Waals surface area (Å²) in [4.78, 5) is 0. The zero-order valence-corrected chi connectivity index (χ0v) is 10.5. The van der Waals surface area contributed by atoms with Gasteiger partial charge in [0.25, 0.3) is 0 Å². The SMILES string of the molecule is CC(C)=CCNCc1cc(C)c(F)c(C)c1. The van der Waals surface area contributed by atoms with Crippen LogP contribution in [-0.2, 0) is 6.54 Å². The molecule has 0 aliphatic heterocycles. The first kappa shape index (κ1) is 12.9. The number of nitrogens with one attached hydrogen (secondary N) is 1. The number of benzene rings is 1. The van der Waals surface area contributed by atoms with Gasteiger partial charge in [0.05, 0.1) is 0 Å². The molecule has 88 valence electrons. The summed E-state index contributed by atoms with van der Waals surface area (Å²) in [7, 11) is 0. The normalized spacial score (nSPS) is 10.3. The fourth-order valence-corrected chi connectivity index (χ4v) is 1.63. The average molecular weight is 221 g/mol. The average Bonchev–Trinajstić information content (AvgIpc) is 2.20. The van der Waals surface area contributed by atoms with Crippen molar-refractivity contribution >= 4 is 0 Å². The van der Waals surface area contributed by atoms with E-state index < -0.39 is 0 Å². The van der Waals surface area contributed by atoms with Crippen LogP contribution in [0.5, 0.6) is 0 Å². The Balaban J connectivity index is 2.58. The van der Waals surface area contributed by atoms with Gasteiger partial charge < -0.3 is 5.32 Å². The highest BCUT2D eigenvalue weighted by Gasteiger charge is 2.03. The molecule has 0 unspecified atom stereocenters. The molecule has 0 spiro atoms. The van der Waals surface area contributed by atoms with Crippen LogP contribution in [0.3, 0.4) is 0 Å². The molecule has 16 heavy (non-hydrogen) atoms. The Labute approximate surface area is 97.4 Å². The Hall–Kier alpha value is -1.15. The zero-order chi connectivity index (χ0) is 12.1. The summed E-state index contributed by atoms with van der Waals surface area (Å²) in [6, 6.07) is 3.80. The largest absolute Gasteiger partial charge is 0.309 e. The van der Waals surface area contributed by atoms with Crippen molar-refractivity contribution in [2.45, 2.75) is 34.2 Å². The van der Waals surface area contributed by atoms with Crippen molar-refractivity contribution in [3.8, 4) is 0 Å². The molecule has 0 fully saturated rings. The lowest BCUT2D eigenvalue weighted by Crippen LogP contribution is -2.13. The lowest BCUT2D eigenvalue weighted by atomic mass is 10.1. The van der Waals surface area contributed by atoms with E-state index in [0.717, 1.165) is 29.8 Å². The minimum absolute atomic E-state index is 0.0898. The summed E-state index contributed by atoms with van der Waals surface area (Å²) in [5, 5.41) is 3.31. The molecule has 1 aromatic rings. The van der Waals surface area contributed by atoms with Crippen LogP contribution >= 0.6 is 0 Å². The van der Waals surface area contributed by atoms with E-state index in [1.165, 1.54) is 5.57 Å². The van der Waals surface area contributed by atoms with Crippen LogP contribution in [0.25, 0.3) is 0 Å². The molecule has 0 saturated heterocycles. The van der Waals surface area contributed by atoms with Gasteiger partial charge in [-0.2, -0.15) is 0 Å². The second-order valence-corrected chi connectivity index (χ2v) is 4.46. The third-order valence-electron chi connectivity index (χ3n) is 2.48. The second-order valence-electron chi connectivity index (χ2n) is 4.46. The molecule has 0 heterocycles. The minimum atomic E-state index is -0.0898. The molecule has 0 amide bonds. The summed E-state index contributed by atoms with van der Waals surface area (Å²) >= 11 is 0. The lowest BCUT2D eigenvalue weighted by molar-refractivity contribution is 0.607. The van der Waals surface area contributed by atoms with E-state index in [-0.39, 0.29) is 5.82 Å². The summed E-state index contributed by atoms with van der Waals surface area (Å²) in [5.41, 5.74) is 3.88. The quantitative estimate of drug-likeness (QED) is 0.606. The predicted molar refractivity (Wildman–Crippen MR) is 67.0 cm³/mol. The smallest absolute Gasteiger partial charge is 0.129 e. The number of hydrogen-bond acceptors (Lipinski definition) is 1. The van der Waals surface area contributed by atoms with Crippen LogP contribution < -0.4 is 5.32 Å². The fourth-order valence-electron chi connectivity index (χ4n) is 1.63. The third-order valence-corrected chi connectivity index (χ3v) is 2.48. The van der Waals surface area contributed by atoms with Crippen molar-refractivity contribution in [3.05, 3.63) is 46.3 Å². The van der Waals surface area contributed by atoms with Crippen LogP contribution in [0.4, 0.5) is 4.39 Å². The standard InChI is InChI=1S/C14H20FN/c1-10(2)5-6-16-9-13-7-11(3)14(15)12(4)8-13/h5,7-8,16H,6,9H2,1-4H3. The first-order valence-electron chi connectivity index (χ1n) is 5.60. The number of allylic oxidation sites excluding steroid dienone is 1. The summed E-state index contributed by atoms with van der Waals surface area (Å²) < 4.78 is 13.4. The van der Waals surface area contributed by atoms with Crippen molar-refractivity contribution in [2.24, 2.45) is 0 Å².